The lowest BCUT2D eigenvalue weighted by Crippen LogP contribution is -1.82. The molecule has 0 saturated heterocycles. The second-order valence-corrected chi connectivity index (χ2v) is 6.53. The van der Waals surface area contributed by atoms with Crippen LogP contribution in [0.25, 0.3) is 0 Å². The summed E-state index contributed by atoms with van der Waals surface area (Å²) in [5.74, 6) is 0. The van der Waals surface area contributed by atoms with Crippen molar-refractivity contribution in [2.75, 3.05) is 19.5 Å². The van der Waals surface area contributed by atoms with E-state index in [1.165, 1.54) is 18.5 Å². The van der Waals surface area contributed by atoms with Crippen molar-refractivity contribution in [1.29, 1.82) is 0 Å². The van der Waals surface area contributed by atoms with Crippen LogP contribution in [0.3, 0.4) is 0 Å². The largest absolute Gasteiger partial charge is 0.324 e. The van der Waals surface area contributed by atoms with E-state index < -0.39 is 6.57 Å². The lowest BCUT2D eigenvalue weighted by molar-refractivity contribution is 0.412. The van der Waals surface area contributed by atoms with Crippen LogP contribution in [-0.2, 0) is 9.09 Å². The number of hydrogen-bond donors (Lipinski definition) is 0. The van der Waals surface area contributed by atoms with Gasteiger partial charge >= 0.3 is 0 Å². The zero-order valence-electron chi connectivity index (χ0n) is 5.66. The van der Waals surface area contributed by atoms with Gasteiger partial charge in [0.2, 0.25) is 0 Å². The molecule has 0 aliphatic rings. The third kappa shape index (κ3) is 3.09. The molecule has 0 rings (SSSR count). The van der Waals surface area contributed by atoms with Crippen LogP contribution in [0.2, 0.25) is 0 Å². The zero-order valence-corrected chi connectivity index (χ0v) is 7.37. The molecule has 4 heteroatoms. The van der Waals surface area contributed by atoms with E-state index >= 15 is 0 Å². The summed E-state index contributed by atoms with van der Waals surface area (Å²) in [5, 5.41) is 0. The lowest BCUT2D eigenvalue weighted by atomic mass is 10.8. The molecule has 54 valence electrons. The Balaban J connectivity index is 3.93. The summed E-state index contributed by atoms with van der Waals surface area (Å²) in [5.41, 5.74) is 0. The van der Waals surface area contributed by atoms with Gasteiger partial charge < -0.3 is 4.52 Å². The van der Waals surface area contributed by atoms with E-state index in [9.17, 15) is 4.57 Å². The first-order valence-electron chi connectivity index (χ1n) is 2.50. The predicted octanol–water partition coefficient (Wildman–Crippen LogP) is 2.37. The van der Waals surface area contributed by atoms with Gasteiger partial charge in [-0.15, -0.1) is 6.58 Å². The topological polar surface area (TPSA) is 26.3 Å². The average molecular weight is 166 g/mol. The smallest absolute Gasteiger partial charge is 0.260 e. The Labute approximate surface area is 59.9 Å². The number of rotatable bonds is 4. The first-order valence-corrected chi connectivity index (χ1v) is 6.14. The molecule has 0 fully saturated rings. The van der Waals surface area contributed by atoms with Gasteiger partial charge in [0, 0.05) is 7.11 Å². The SMILES string of the molecule is C=CCP(=O)(OC)SC. The van der Waals surface area contributed by atoms with Crippen molar-refractivity contribution in [2.45, 2.75) is 0 Å². The highest BCUT2D eigenvalue weighted by molar-refractivity contribution is 8.56. The molecule has 0 N–H and O–H groups in total. The molecule has 0 aromatic rings. The van der Waals surface area contributed by atoms with Crippen molar-refractivity contribution in [2.24, 2.45) is 0 Å². The number of hydrogen-bond acceptors (Lipinski definition) is 3. The second-order valence-electron chi connectivity index (χ2n) is 1.45. The summed E-state index contributed by atoms with van der Waals surface area (Å²) < 4.78 is 16.0. The molecule has 0 saturated carbocycles. The quantitative estimate of drug-likeness (QED) is 0.473. The van der Waals surface area contributed by atoms with Gasteiger partial charge in [-0.25, -0.2) is 0 Å². The van der Waals surface area contributed by atoms with Crippen LogP contribution in [0, 0.1) is 0 Å². The van der Waals surface area contributed by atoms with Gasteiger partial charge in [0.15, 0.2) is 0 Å². The fourth-order valence-electron chi connectivity index (χ4n) is 0.382. The van der Waals surface area contributed by atoms with Crippen molar-refractivity contribution < 1.29 is 9.09 Å². The summed E-state index contributed by atoms with van der Waals surface area (Å²) in [6, 6.07) is 0. The van der Waals surface area contributed by atoms with Gasteiger partial charge in [0.1, 0.15) is 0 Å². The molecule has 0 aromatic carbocycles. The Bertz CT molecular complexity index is 127. The molecule has 9 heavy (non-hydrogen) atoms. The highest BCUT2D eigenvalue weighted by Gasteiger charge is 2.16. The fourth-order valence-corrected chi connectivity index (χ4v) is 2.36. The maximum Gasteiger partial charge on any atom is 0.260 e. The summed E-state index contributed by atoms with van der Waals surface area (Å²) in [4.78, 5) is 0. The molecule has 2 nitrogen and oxygen atoms in total. The summed E-state index contributed by atoms with van der Waals surface area (Å²) >= 11 is 1.26. The molecule has 0 bridgehead atoms. The van der Waals surface area contributed by atoms with Crippen molar-refractivity contribution in [3.8, 4) is 0 Å². The van der Waals surface area contributed by atoms with E-state index in [0.29, 0.717) is 6.16 Å². The molecule has 0 radical (unpaired) electrons. The van der Waals surface area contributed by atoms with E-state index in [0.717, 1.165) is 0 Å². The van der Waals surface area contributed by atoms with Crippen molar-refractivity contribution in [3.63, 3.8) is 0 Å². The van der Waals surface area contributed by atoms with Crippen molar-refractivity contribution in [3.05, 3.63) is 12.7 Å². The Morgan fingerprint density at radius 2 is 2.44 bits per heavy atom. The van der Waals surface area contributed by atoms with Crippen LogP contribution in [0.5, 0.6) is 0 Å². The molecule has 0 heterocycles. The maximum atomic E-state index is 11.2. The Kier molecular flexibility index (Phi) is 4.28. The van der Waals surface area contributed by atoms with E-state index in [1.54, 1.807) is 12.3 Å². The van der Waals surface area contributed by atoms with Gasteiger partial charge in [-0.2, -0.15) is 0 Å². The molecule has 0 amide bonds. The first kappa shape index (κ1) is 9.28. The minimum absolute atomic E-state index is 0.449. The van der Waals surface area contributed by atoms with Gasteiger partial charge in [0.25, 0.3) is 6.57 Å². The van der Waals surface area contributed by atoms with Crippen LogP contribution in [0.4, 0.5) is 0 Å². The van der Waals surface area contributed by atoms with E-state index in [2.05, 4.69) is 6.58 Å². The van der Waals surface area contributed by atoms with Crippen LogP contribution in [-0.4, -0.2) is 19.5 Å². The van der Waals surface area contributed by atoms with Gasteiger partial charge in [-0.05, 0) is 6.26 Å². The minimum atomic E-state index is -2.38. The highest BCUT2D eigenvalue weighted by Crippen LogP contribution is 2.57. The minimum Gasteiger partial charge on any atom is -0.324 e. The van der Waals surface area contributed by atoms with E-state index in [-0.39, 0.29) is 0 Å². The average Bonchev–Trinajstić information content (AvgIpc) is 1.89. The summed E-state index contributed by atoms with van der Waals surface area (Å²) in [7, 11) is 1.46. The molecule has 0 aliphatic carbocycles. The van der Waals surface area contributed by atoms with Crippen molar-refractivity contribution >= 4 is 18.0 Å². The molecule has 0 spiro atoms. The van der Waals surface area contributed by atoms with Crippen LogP contribution in [0.1, 0.15) is 0 Å². The molecule has 0 aliphatic heterocycles. The van der Waals surface area contributed by atoms with Crippen LogP contribution < -0.4 is 0 Å². The Hall–Kier alpha value is 0.280. The second kappa shape index (κ2) is 4.15. The molecule has 1 atom stereocenters. The lowest BCUT2D eigenvalue weighted by Gasteiger charge is -2.08. The number of allylic oxidation sites excluding steroid dienone is 1. The zero-order chi connectivity index (χ0) is 7.33. The third-order valence-electron chi connectivity index (χ3n) is 0.909. The van der Waals surface area contributed by atoms with Gasteiger partial charge in [-0.3, -0.25) is 4.57 Å². The summed E-state index contributed by atoms with van der Waals surface area (Å²) in [6.45, 7) is 1.09. The maximum absolute atomic E-state index is 11.2. The van der Waals surface area contributed by atoms with Crippen LogP contribution in [0.15, 0.2) is 12.7 Å². The fraction of sp³-hybridized carbons (Fsp3) is 0.600. The first-order chi connectivity index (χ1) is 4.18. The van der Waals surface area contributed by atoms with Gasteiger partial charge in [0.05, 0.1) is 6.16 Å². The van der Waals surface area contributed by atoms with Crippen LogP contribution >= 0.6 is 18.0 Å². The normalized spacial score (nSPS) is 16.7. The van der Waals surface area contributed by atoms with Crippen molar-refractivity contribution in [1.82, 2.24) is 0 Å². The molecular weight excluding hydrogens is 155 g/mol. The Morgan fingerprint density at radius 3 is 2.56 bits per heavy atom. The van der Waals surface area contributed by atoms with Gasteiger partial charge in [-0.1, -0.05) is 17.5 Å². The molecule has 0 aromatic heterocycles. The Morgan fingerprint density at radius 1 is 1.89 bits per heavy atom. The predicted molar refractivity (Wildman–Crippen MR) is 43.2 cm³/mol. The monoisotopic (exact) mass is 166 g/mol. The van der Waals surface area contributed by atoms with E-state index in [1.807, 2.05) is 0 Å². The molecular formula is C5H11O2PS. The standard InChI is InChI=1S/C5H11O2PS/c1-4-5-8(6,7-2)9-3/h4H,1,5H2,2-3H3. The third-order valence-corrected chi connectivity index (χ3v) is 5.29. The molecule has 1 unspecified atom stereocenters. The highest BCUT2D eigenvalue weighted by atomic mass is 32.7. The summed E-state index contributed by atoms with van der Waals surface area (Å²) in [6.07, 6.45) is 3.83. The van der Waals surface area contributed by atoms with E-state index in [4.69, 9.17) is 4.52 Å².